The molecule has 0 saturated heterocycles. The number of nitrogens with zero attached hydrogens (tertiary/aromatic N) is 2. The normalized spacial score (nSPS) is 17.0. The smallest absolute Gasteiger partial charge is 0.254 e. The Hall–Kier alpha value is -2.43. The molecule has 0 atom stereocenters. The van der Waals surface area contributed by atoms with Crippen molar-refractivity contribution in [3.63, 3.8) is 0 Å². The van der Waals surface area contributed by atoms with Gasteiger partial charge >= 0.3 is 0 Å². The summed E-state index contributed by atoms with van der Waals surface area (Å²) in [7, 11) is 0. The van der Waals surface area contributed by atoms with Crippen LogP contribution in [0.15, 0.2) is 35.4 Å². The number of aromatic amines is 1. The van der Waals surface area contributed by atoms with E-state index in [0.717, 1.165) is 11.3 Å². The van der Waals surface area contributed by atoms with E-state index < -0.39 is 0 Å². The fraction of sp³-hybridized carbons (Fsp3) is 0.389. The van der Waals surface area contributed by atoms with Gasteiger partial charge in [-0.05, 0) is 36.3 Å². The highest BCUT2D eigenvalue weighted by molar-refractivity contribution is 5.79. The first-order valence-electron chi connectivity index (χ1n) is 8.13. The van der Waals surface area contributed by atoms with Crippen molar-refractivity contribution in [3.05, 3.63) is 63.3 Å². The highest BCUT2D eigenvalue weighted by Gasteiger charge is 2.25. The van der Waals surface area contributed by atoms with Gasteiger partial charge in [0.1, 0.15) is 0 Å². The van der Waals surface area contributed by atoms with E-state index in [1.807, 2.05) is 12.1 Å². The number of carbonyl (C=O) groups is 1. The number of amides is 1. The SMILES string of the molecule is O=C(Cc1cccc(C2CC2)c1)N1CCc2c(nc[nH]c2=O)C1. The zero-order chi connectivity index (χ0) is 15.8. The predicted molar refractivity (Wildman–Crippen MR) is 86.1 cm³/mol. The quantitative estimate of drug-likeness (QED) is 0.940. The molecule has 2 aliphatic rings. The maximum absolute atomic E-state index is 12.6. The first-order chi connectivity index (χ1) is 11.2. The highest BCUT2D eigenvalue weighted by Crippen LogP contribution is 2.40. The van der Waals surface area contributed by atoms with Gasteiger partial charge in [-0.2, -0.15) is 0 Å². The Morgan fingerprint density at radius 1 is 1.35 bits per heavy atom. The summed E-state index contributed by atoms with van der Waals surface area (Å²) in [4.78, 5) is 32.9. The van der Waals surface area contributed by atoms with Crippen molar-refractivity contribution in [1.82, 2.24) is 14.9 Å². The summed E-state index contributed by atoms with van der Waals surface area (Å²) < 4.78 is 0. The molecule has 5 heteroatoms. The number of aromatic nitrogens is 2. The minimum absolute atomic E-state index is 0.0840. The summed E-state index contributed by atoms with van der Waals surface area (Å²) >= 11 is 0. The molecule has 0 spiro atoms. The molecule has 1 fully saturated rings. The van der Waals surface area contributed by atoms with Gasteiger partial charge in [-0.25, -0.2) is 4.98 Å². The van der Waals surface area contributed by atoms with E-state index in [2.05, 4.69) is 22.1 Å². The van der Waals surface area contributed by atoms with Gasteiger partial charge in [0.2, 0.25) is 5.91 Å². The largest absolute Gasteiger partial charge is 0.336 e. The van der Waals surface area contributed by atoms with Gasteiger partial charge in [-0.15, -0.1) is 0 Å². The predicted octanol–water partition coefficient (Wildman–Crippen LogP) is 1.77. The van der Waals surface area contributed by atoms with Gasteiger partial charge < -0.3 is 9.88 Å². The minimum Gasteiger partial charge on any atom is -0.336 e. The molecule has 1 amide bonds. The molecule has 1 aromatic heterocycles. The van der Waals surface area contributed by atoms with E-state index in [1.165, 1.54) is 24.7 Å². The van der Waals surface area contributed by atoms with Gasteiger partial charge in [0, 0.05) is 12.1 Å². The number of fused-ring (bicyclic) bond motifs is 1. The Balaban J connectivity index is 1.47. The van der Waals surface area contributed by atoms with E-state index in [-0.39, 0.29) is 11.5 Å². The van der Waals surface area contributed by atoms with Crippen LogP contribution in [0.5, 0.6) is 0 Å². The third-order valence-electron chi connectivity index (χ3n) is 4.72. The van der Waals surface area contributed by atoms with Crippen molar-refractivity contribution in [2.45, 2.75) is 38.1 Å². The molecule has 1 aliphatic heterocycles. The second kappa shape index (κ2) is 5.65. The van der Waals surface area contributed by atoms with Crippen LogP contribution < -0.4 is 5.56 Å². The topological polar surface area (TPSA) is 66.1 Å². The van der Waals surface area contributed by atoms with Crippen molar-refractivity contribution in [3.8, 4) is 0 Å². The monoisotopic (exact) mass is 309 g/mol. The van der Waals surface area contributed by atoms with Crippen LogP contribution in [0.2, 0.25) is 0 Å². The molecule has 1 saturated carbocycles. The number of hydrogen-bond donors (Lipinski definition) is 1. The zero-order valence-corrected chi connectivity index (χ0v) is 12.9. The molecule has 23 heavy (non-hydrogen) atoms. The molecule has 2 heterocycles. The summed E-state index contributed by atoms with van der Waals surface area (Å²) in [6, 6.07) is 8.38. The summed E-state index contributed by atoms with van der Waals surface area (Å²) in [6.07, 6.45) is 4.93. The average molecular weight is 309 g/mol. The van der Waals surface area contributed by atoms with Crippen LogP contribution in [-0.4, -0.2) is 27.3 Å². The zero-order valence-electron chi connectivity index (χ0n) is 12.9. The number of rotatable bonds is 3. The van der Waals surface area contributed by atoms with Crippen LogP contribution >= 0.6 is 0 Å². The maximum Gasteiger partial charge on any atom is 0.254 e. The van der Waals surface area contributed by atoms with Crippen LogP contribution in [0, 0.1) is 0 Å². The molecule has 1 N–H and O–H groups in total. The Bertz CT molecular complexity index is 808. The van der Waals surface area contributed by atoms with E-state index in [9.17, 15) is 9.59 Å². The highest BCUT2D eigenvalue weighted by atomic mass is 16.2. The first kappa shape index (κ1) is 14.2. The van der Waals surface area contributed by atoms with Crippen LogP contribution in [0.3, 0.4) is 0 Å². The Morgan fingerprint density at radius 3 is 3.04 bits per heavy atom. The Labute approximate surface area is 134 Å². The van der Waals surface area contributed by atoms with Gasteiger partial charge in [-0.1, -0.05) is 24.3 Å². The first-order valence-corrected chi connectivity index (χ1v) is 8.13. The number of carbonyl (C=O) groups excluding carboxylic acids is 1. The summed E-state index contributed by atoms with van der Waals surface area (Å²) in [6.45, 7) is 1.02. The molecule has 1 aromatic carbocycles. The molecular weight excluding hydrogens is 290 g/mol. The molecule has 4 rings (SSSR count). The molecule has 1 aliphatic carbocycles. The number of nitrogens with one attached hydrogen (secondary N) is 1. The van der Waals surface area contributed by atoms with Crippen molar-refractivity contribution >= 4 is 5.91 Å². The molecular formula is C18H19N3O2. The van der Waals surface area contributed by atoms with E-state index in [0.29, 0.717) is 37.4 Å². The third-order valence-corrected chi connectivity index (χ3v) is 4.72. The minimum atomic E-state index is -0.0840. The van der Waals surface area contributed by atoms with Gasteiger partial charge in [0.15, 0.2) is 0 Å². The van der Waals surface area contributed by atoms with Crippen molar-refractivity contribution in [1.29, 1.82) is 0 Å². The van der Waals surface area contributed by atoms with Crippen LogP contribution in [0.25, 0.3) is 0 Å². The molecule has 118 valence electrons. The Kier molecular flexibility index (Phi) is 3.48. The molecule has 5 nitrogen and oxygen atoms in total. The van der Waals surface area contributed by atoms with E-state index in [1.54, 1.807) is 4.90 Å². The van der Waals surface area contributed by atoms with Crippen LogP contribution in [0.1, 0.15) is 41.1 Å². The summed E-state index contributed by atoms with van der Waals surface area (Å²) in [5.74, 6) is 0.800. The van der Waals surface area contributed by atoms with Crippen LogP contribution in [0.4, 0.5) is 0 Å². The maximum atomic E-state index is 12.6. The summed E-state index contributed by atoms with van der Waals surface area (Å²) in [5, 5.41) is 0. The van der Waals surface area contributed by atoms with Crippen molar-refractivity contribution in [2.24, 2.45) is 0 Å². The Morgan fingerprint density at radius 2 is 2.22 bits per heavy atom. The lowest BCUT2D eigenvalue weighted by atomic mass is 10.0. The third kappa shape index (κ3) is 2.91. The molecule has 2 aromatic rings. The lowest BCUT2D eigenvalue weighted by Gasteiger charge is -2.27. The van der Waals surface area contributed by atoms with Crippen LogP contribution in [-0.2, 0) is 24.2 Å². The second-order valence-electron chi connectivity index (χ2n) is 6.42. The second-order valence-corrected chi connectivity index (χ2v) is 6.42. The number of H-pyrrole nitrogens is 1. The number of hydrogen-bond acceptors (Lipinski definition) is 3. The van der Waals surface area contributed by atoms with E-state index in [4.69, 9.17) is 0 Å². The standard InChI is InChI=1S/C18H19N3O2/c22-17(9-12-2-1-3-14(8-12)13-4-5-13)21-7-6-15-16(10-21)19-11-20-18(15)23/h1-3,8,11,13H,4-7,9-10H2,(H,19,20,23). The van der Waals surface area contributed by atoms with E-state index >= 15 is 0 Å². The van der Waals surface area contributed by atoms with Gasteiger partial charge in [-0.3, -0.25) is 9.59 Å². The van der Waals surface area contributed by atoms with Crippen molar-refractivity contribution < 1.29 is 4.79 Å². The molecule has 0 bridgehead atoms. The lowest BCUT2D eigenvalue weighted by Crippen LogP contribution is -2.39. The summed E-state index contributed by atoms with van der Waals surface area (Å²) in [5.41, 5.74) is 3.78. The number of benzene rings is 1. The molecule has 0 radical (unpaired) electrons. The molecule has 0 unspecified atom stereocenters. The fourth-order valence-corrected chi connectivity index (χ4v) is 3.24. The average Bonchev–Trinajstić information content (AvgIpc) is 3.40. The van der Waals surface area contributed by atoms with Gasteiger partial charge in [0.25, 0.3) is 5.56 Å². The lowest BCUT2D eigenvalue weighted by molar-refractivity contribution is -0.131. The fourth-order valence-electron chi connectivity index (χ4n) is 3.24. The van der Waals surface area contributed by atoms with Gasteiger partial charge in [0.05, 0.1) is 25.0 Å². The van der Waals surface area contributed by atoms with Crippen molar-refractivity contribution in [2.75, 3.05) is 6.54 Å².